The fraction of sp³-hybridized carbons (Fsp3) is 0.0455. The zero-order valence-corrected chi connectivity index (χ0v) is 20.1. The van der Waals surface area contributed by atoms with Crippen LogP contribution in [0.3, 0.4) is 0 Å². The first-order valence-electron chi connectivity index (χ1n) is 9.42. The van der Waals surface area contributed by atoms with Crippen molar-refractivity contribution < 1.29 is 48.5 Å². The van der Waals surface area contributed by atoms with Crippen molar-refractivity contribution >= 4 is 50.3 Å². The number of ether oxygens (including phenoxy) is 1. The van der Waals surface area contributed by atoms with Crippen LogP contribution in [-0.2, 0) is 14.9 Å². The summed E-state index contributed by atoms with van der Waals surface area (Å²) in [4.78, 5) is 10.2. The van der Waals surface area contributed by atoms with E-state index in [9.17, 15) is 39.6 Å². The first-order chi connectivity index (χ1) is 16.9. The molecule has 0 saturated carbocycles. The first-order valence-corrected chi connectivity index (χ1v) is 11.6. The summed E-state index contributed by atoms with van der Waals surface area (Å²) in [5.41, 5.74) is 0.240. The average Bonchev–Trinajstić information content (AvgIpc) is 2.85. The second kappa shape index (κ2) is 10.6. The number of carbonyl (C=O) groups excluding carboxylic acids is 1. The van der Waals surface area contributed by atoms with Gasteiger partial charge in [0.25, 0.3) is 0 Å². The van der Waals surface area contributed by atoms with Gasteiger partial charge in [-0.15, -0.1) is 0 Å². The summed E-state index contributed by atoms with van der Waals surface area (Å²) in [7, 11) is -3.82. The summed E-state index contributed by atoms with van der Waals surface area (Å²) < 4.78 is 117. The summed E-state index contributed by atoms with van der Waals surface area (Å²) in [6, 6.07) is 5.23. The Bertz CT molecular complexity index is 1470. The standard InChI is InChI=1S/C22H12BrF6NO5S/c1-34-16-8-13(23)14(24)7-11(16)3-2-10-6-12(4-5-15(10)30-9-31)36(32,33)35-22-20(28)18(26)17(25)19(27)21(22)29/h2-9H,1H3,(H,30,31)/b3-2-. The molecule has 3 aromatic carbocycles. The van der Waals surface area contributed by atoms with Crippen LogP contribution in [0.15, 0.2) is 39.7 Å². The SMILES string of the molecule is COc1cc(Br)c(F)cc1/C=C\c1cc(S(=O)(=O)Oc2c(F)c(F)c(F)c(F)c2F)ccc1NC=O. The predicted molar refractivity (Wildman–Crippen MR) is 120 cm³/mol. The molecule has 3 aromatic rings. The minimum absolute atomic E-state index is 0.0189. The molecule has 0 aliphatic rings. The van der Waals surface area contributed by atoms with Gasteiger partial charge < -0.3 is 14.2 Å². The molecule has 0 aromatic heterocycles. The van der Waals surface area contributed by atoms with Gasteiger partial charge in [0.2, 0.25) is 41.2 Å². The lowest BCUT2D eigenvalue weighted by atomic mass is 10.1. The molecule has 1 N–H and O–H groups in total. The van der Waals surface area contributed by atoms with Crippen molar-refractivity contribution in [2.45, 2.75) is 4.90 Å². The number of methoxy groups -OCH3 is 1. The van der Waals surface area contributed by atoms with Gasteiger partial charge in [-0.1, -0.05) is 12.2 Å². The van der Waals surface area contributed by atoms with E-state index < -0.39 is 55.7 Å². The van der Waals surface area contributed by atoms with Crippen molar-refractivity contribution in [2.75, 3.05) is 12.4 Å². The summed E-state index contributed by atoms with van der Waals surface area (Å²) in [6.07, 6.45) is 2.82. The van der Waals surface area contributed by atoms with E-state index in [1.165, 1.54) is 25.3 Å². The first kappa shape index (κ1) is 27.1. The van der Waals surface area contributed by atoms with Crippen LogP contribution in [0.1, 0.15) is 11.1 Å². The molecule has 1 amide bonds. The van der Waals surface area contributed by atoms with Crippen LogP contribution in [0.25, 0.3) is 12.2 Å². The molecular weight excluding hydrogens is 584 g/mol. The van der Waals surface area contributed by atoms with Crippen LogP contribution in [0.2, 0.25) is 0 Å². The van der Waals surface area contributed by atoms with Crippen LogP contribution >= 0.6 is 15.9 Å². The Kier molecular flexibility index (Phi) is 7.99. The Labute approximate surface area is 208 Å². The maximum absolute atomic E-state index is 14.0. The molecule has 36 heavy (non-hydrogen) atoms. The van der Waals surface area contributed by atoms with E-state index in [1.807, 2.05) is 0 Å². The quantitative estimate of drug-likeness (QED) is 0.0889. The highest BCUT2D eigenvalue weighted by Gasteiger charge is 2.31. The van der Waals surface area contributed by atoms with Crippen LogP contribution in [0.4, 0.5) is 32.0 Å². The van der Waals surface area contributed by atoms with Crippen LogP contribution in [0.5, 0.6) is 11.5 Å². The molecule has 0 aliphatic carbocycles. The molecule has 0 heterocycles. The Morgan fingerprint density at radius 2 is 1.44 bits per heavy atom. The molecule has 190 valence electrons. The number of halogens is 7. The molecule has 0 saturated heterocycles. The maximum atomic E-state index is 14.0. The molecule has 0 aliphatic heterocycles. The zero-order chi connectivity index (χ0) is 26.8. The number of nitrogens with one attached hydrogen (secondary N) is 1. The fourth-order valence-electron chi connectivity index (χ4n) is 2.88. The van der Waals surface area contributed by atoms with Crippen LogP contribution < -0.4 is 14.2 Å². The van der Waals surface area contributed by atoms with E-state index in [2.05, 4.69) is 25.4 Å². The highest BCUT2D eigenvalue weighted by molar-refractivity contribution is 9.10. The van der Waals surface area contributed by atoms with Gasteiger partial charge in [0, 0.05) is 11.3 Å². The predicted octanol–water partition coefficient (Wildman–Crippen LogP) is 5.80. The van der Waals surface area contributed by atoms with Gasteiger partial charge in [0.1, 0.15) is 16.5 Å². The zero-order valence-electron chi connectivity index (χ0n) is 17.7. The third-order valence-corrected chi connectivity index (χ3v) is 6.43. The number of rotatable bonds is 8. The van der Waals surface area contributed by atoms with Crippen molar-refractivity contribution in [3.63, 3.8) is 0 Å². The van der Waals surface area contributed by atoms with Gasteiger partial charge in [-0.05, 0) is 51.8 Å². The summed E-state index contributed by atoms with van der Waals surface area (Å²) in [5.74, 6) is -14.7. The number of amides is 1. The van der Waals surface area contributed by atoms with Crippen LogP contribution in [-0.4, -0.2) is 21.9 Å². The van der Waals surface area contributed by atoms with Crippen molar-refractivity contribution in [3.05, 3.63) is 80.8 Å². The van der Waals surface area contributed by atoms with Crippen molar-refractivity contribution in [3.8, 4) is 11.5 Å². The molecule has 0 atom stereocenters. The minimum Gasteiger partial charge on any atom is -0.496 e. The highest BCUT2D eigenvalue weighted by Crippen LogP contribution is 2.33. The van der Waals surface area contributed by atoms with E-state index in [0.29, 0.717) is 0 Å². The molecule has 0 radical (unpaired) electrons. The van der Waals surface area contributed by atoms with Gasteiger partial charge in [0.05, 0.1) is 11.6 Å². The molecule has 0 bridgehead atoms. The molecule has 6 nitrogen and oxygen atoms in total. The van der Waals surface area contributed by atoms with Crippen molar-refractivity contribution in [1.29, 1.82) is 0 Å². The number of hydrogen-bond acceptors (Lipinski definition) is 5. The second-order valence-corrected chi connectivity index (χ2v) is 9.19. The Balaban J connectivity index is 2.08. The smallest absolute Gasteiger partial charge is 0.339 e. The molecule has 14 heteroatoms. The highest BCUT2D eigenvalue weighted by atomic mass is 79.9. The third-order valence-electron chi connectivity index (χ3n) is 4.60. The van der Waals surface area contributed by atoms with Gasteiger partial charge >= 0.3 is 10.1 Å². The summed E-state index contributed by atoms with van der Waals surface area (Å²) in [5, 5.41) is 2.29. The van der Waals surface area contributed by atoms with Gasteiger partial charge in [0.15, 0.2) is 0 Å². The van der Waals surface area contributed by atoms with E-state index in [4.69, 9.17) is 4.74 Å². The molecule has 3 rings (SSSR count). The average molecular weight is 596 g/mol. The lowest BCUT2D eigenvalue weighted by Crippen LogP contribution is -2.15. The third kappa shape index (κ3) is 5.33. The normalized spacial score (nSPS) is 11.6. The summed E-state index contributed by atoms with van der Waals surface area (Å²) in [6.45, 7) is 0. The van der Waals surface area contributed by atoms with Gasteiger partial charge in [-0.3, -0.25) is 4.79 Å². The number of anilines is 1. The van der Waals surface area contributed by atoms with E-state index >= 15 is 0 Å². The largest absolute Gasteiger partial charge is 0.496 e. The monoisotopic (exact) mass is 595 g/mol. The maximum Gasteiger partial charge on any atom is 0.339 e. The molecule has 0 spiro atoms. The van der Waals surface area contributed by atoms with Crippen molar-refractivity contribution in [2.24, 2.45) is 0 Å². The minimum atomic E-state index is -5.14. The number of hydrogen-bond donors (Lipinski definition) is 1. The van der Waals surface area contributed by atoms with E-state index in [1.54, 1.807) is 0 Å². The lowest BCUT2D eigenvalue weighted by Gasteiger charge is -2.12. The fourth-order valence-corrected chi connectivity index (χ4v) is 4.17. The van der Waals surface area contributed by atoms with Crippen LogP contribution in [0, 0.1) is 34.9 Å². The number of carbonyl (C=O) groups is 1. The topological polar surface area (TPSA) is 81.7 Å². The molecule has 0 fully saturated rings. The van der Waals surface area contributed by atoms with Gasteiger partial charge in [-0.2, -0.15) is 17.2 Å². The van der Waals surface area contributed by atoms with Gasteiger partial charge in [-0.25, -0.2) is 17.6 Å². The summed E-state index contributed by atoms with van der Waals surface area (Å²) >= 11 is 3.00. The Morgan fingerprint density at radius 3 is 2.03 bits per heavy atom. The Hall–Kier alpha value is -3.52. The molecule has 0 unspecified atom stereocenters. The Morgan fingerprint density at radius 1 is 0.861 bits per heavy atom. The lowest BCUT2D eigenvalue weighted by molar-refractivity contribution is -0.105. The second-order valence-electron chi connectivity index (χ2n) is 6.79. The molecular formula is C22H12BrF6NO5S. The van der Waals surface area contributed by atoms with E-state index in [0.717, 1.165) is 24.3 Å². The van der Waals surface area contributed by atoms with E-state index in [-0.39, 0.29) is 33.4 Å². The van der Waals surface area contributed by atoms with Crippen molar-refractivity contribution in [1.82, 2.24) is 0 Å². The number of benzene rings is 3.